The van der Waals surface area contributed by atoms with Crippen molar-refractivity contribution in [2.45, 2.75) is 0 Å². The lowest BCUT2D eigenvalue weighted by atomic mass is 9.98. The molecule has 2 nitrogen and oxygen atoms in total. The summed E-state index contributed by atoms with van der Waals surface area (Å²) in [5, 5.41) is 4.97. The van der Waals surface area contributed by atoms with Gasteiger partial charge in [0.15, 0.2) is 0 Å². The van der Waals surface area contributed by atoms with Gasteiger partial charge in [-0.05, 0) is 69.4 Å². The van der Waals surface area contributed by atoms with Crippen LogP contribution in [0.25, 0.3) is 53.2 Å². The van der Waals surface area contributed by atoms with Crippen molar-refractivity contribution >= 4 is 59.5 Å². The van der Waals surface area contributed by atoms with Crippen LogP contribution < -0.4 is 4.90 Å². The maximum absolute atomic E-state index is 5.02. The molecule has 0 radical (unpaired) electrons. The highest BCUT2D eigenvalue weighted by Crippen LogP contribution is 2.40. The summed E-state index contributed by atoms with van der Waals surface area (Å²) in [6, 6.07) is 54.0. The molecule has 0 saturated carbocycles. The van der Waals surface area contributed by atoms with Crippen LogP contribution >= 0.6 is 11.3 Å². The van der Waals surface area contributed by atoms with E-state index in [1.54, 1.807) is 0 Å². The molecule has 198 valence electrons. The normalized spacial score (nSPS) is 11.3. The fraction of sp³-hybridized carbons (Fsp3) is 0. The van der Waals surface area contributed by atoms with Crippen LogP contribution in [0.2, 0.25) is 0 Å². The molecule has 0 N–H and O–H groups in total. The number of benzene rings is 6. The number of nitrogens with zero attached hydrogens (tertiary/aromatic N) is 2. The number of anilines is 3. The summed E-state index contributed by atoms with van der Waals surface area (Å²) in [6.07, 6.45) is 2.03. The maximum atomic E-state index is 5.02. The summed E-state index contributed by atoms with van der Waals surface area (Å²) in [5.74, 6) is 0.902. The smallest absolute Gasteiger partial charge is 0.138 e. The van der Waals surface area contributed by atoms with Crippen LogP contribution in [-0.2, 0) is 0 Å². The topological polar surface area (TPSA) is 16.1 Å². The molecule has 8 rings (SSSR count). The highest BCUT2D eigenvalue weighted by atomic mass is 32.1. The molecular weight excluding hydrogens is 529 g/mol. The molecule has 0 saturated heterocycles. The Morgan fingerprint density at radius 1 is 0.452 bits per heavy atom. The Bertz CT molecular complexity index is 2170. The summed E-state index contributed by atoms with van der Waals surface area (Å²) in [7, 11) is 0. The standard InChI is InChI=1S/C39H26N2S/c1-2-9-27(10-3-1)28-17-21-31(22-18-28)41(39-25-38-36(26-40-39)35-14-6-7-16-37(35)42-38)32-23-19-30(20-24-32)34-15-8-12-29-11-4-5-13-33(29)34/h1-26H. The second kappa shape index (κ2) is 10.3. The summed E-state index contributed by atoms with van der Waals surface area (Å²) >= 11 is 1.82. The molecule has 0 aliphatic carbocycles. The van der Waals surface area contributed by atoms with E-state index < -0.39 is 0 Å². The lowest BCUT2D eigenvalue weighted by molar-refractivity contribution is 1.19. The van der Waals surface area contributed by atoms with Gasteiger partial charge < -0.3 is 0 Å². The number of thiophene rings is 1. The quantitative estimate of drug-likeness (QED) is 0.210. The van der Waals surface area contributed by atoms with E-state index in [1.165, 1.54) is 53.2 Å². The Kier molecular flexibility index (Phi) is 6.02. The summed E-state index contributed by atoms with van der Waals surface area (Å²) in [6.45, 7) is 0. The van der Waals surface area contributed by atoms with Gasteiger partial charge in [0.25, 0.3) is 0 Å². The molecule has 0 aliphatic rings. The first-order valence-electron chi connectivity index (χ1n) is 14.1. The molecule has 0 aliphatic heterocycles. The Hall–Kier alpha value is -5.25. The van der Waals surface area contributed by atoms with E-state index in [0.29, 0.717) is 0 Å². The number of aromatic nitrogens is 1. The molecule has 0 fully saturated rings. The van der Waals surface area contributed by atoms with Gasteiger partial charge in [-0.1, -0.05) is 115 Å². The summed E-state index contributed by atoms with van der Waals surface area (Å²) in [5.41, 5.74) is 6.98. The molecule has 0 unspecified atom stereocenters. The predicted molar refractivity (Wildman–Crippen MR) is 180 cm³/mol. The van der Waals surface area contributed by atoms with Crippen LogP contribution in [0.5, 0.6) is 0 Å². The third-order valence-corrected chi connectivity index (χ3v) is 9.07. The zero-order valence-electron chi connectivity index (χ0n) is 22.8. The predicted octanol–water partition coefficient (Wildman–Crippen LogP) is 11.4. The van der Waals surface area contributed by atoms with E-state index in [4.69, 9.17) is 4.98 Å². The van der Waals surface area contributed by atoms with Gasteiger partial charge in [-0.2, -0.15) is 0 Å². The van der Waals surface area contributed by atoms with Gasteiger partial charge in [0.2, 0.25) is 0 Å². The zero-order valence-corrected chi connectivity index (χ0v) is 23.6. The minimum Gasteiger partial charge on any atom is -0.295 e. The van der Waals surface area contributed by atoms with Gasteiger partial charge in [-0.25, -0.2) is 4.98 Å². The summed E-state index contributed by atoms with van der Waals surface area (Å²) < 4.78 is 2.52. The molecule has 42 heavy (non-hydrogen) atoms. The van der Waals surface area contributed by atoms with Crippen LogP contribution in [0.3, 0.4) is 0 Å². The van der Waals surface area contributed by atoms with Crippen molar-refractivity contribution in [1.29, 1.82) is 0 Å². The van der Waals surface area contributed by atoms with E-state index in [0.717, 1.165) is 17.2 Å². The number of hydrogen-bond acceptors (Lipinski definition) is 3. The van der Waals surface area contributed by atoms with Gasteiger partial charge in [-0.15, -0.1) is 11.3 Å². The lowest BCUT2D eigenvalue weighted by Crippen LogP contribution is -2.11. The largest absolute Gasteiger partial charge is 0.295 e. The molecule has 8 aromatic rings. The summed E-state index contributed by atoms with van der Waals surface area (Å²) in [4.78, 5) is 7.27. The number of rotatable bonds is 5. The molecule has 0 amide bonds. The number of hydrogen-bond donors (Lipinski definition) is 0. The minimum absolute atomic E-state index is 0.902. The Morgan fingerprint density at radius 3 is 1.86 bits per heavy atom. The van der Waals surface area contributed by atoms with Crippen LogP contribution in [0.4, 0.5) is 17.2 Å². The van der Waals surface area contributed by atoms with Gasteiger partial charge in [0.05, 0.1) is 0 Å². The SMILES string of the molecule is c1ccc(-c2ccc(N(c3ccc(-c4cccc5ccccc45)cc3)c3cc4sc5ccccc5c4cn3)cc2)cc1. The second-order valence-corrected chi connectivity index (χ2v) is 11.5. The fourth-order valence-corrected chi connectivity index (χ4v) is 6.95. The Labute approximate surface area is 248 Å². The Morgan fingerprint density at radius 2 is 1.07 bits per heavy atom. The lowest BCUT2D eigenvalue weighted by Gasteiger charge is -2.25. The number of pyridine rings is 1. The minimum atomic E-state index is 0.902. The highest BCUT2D eigenvalue weighted by molar-refractivity contribution is 7.25. The van der Waals surface area contributed by atoms with Crippen LogP contribution in [0, 0.1) is 0 Å². The van der Waals surface area contributed by atoms with E-state index in [2.05, 4.69) is 157 Å². The van der Waals surface area contributed by atoms with E-state index in [1.807, 2.05) is 17.5 Å². The molecule has 2 aromatic heterocycles. The van der Waals surface area contributed by atoms with Gasteiger partial charge >= 0.3 is 0 Å². The van der Waals surface area contributed by atoms with E-state index in [-0.39, 0.29) is 0 Å². The molecular formula is C39H26N2S. The average molecular weight is 555 g/mol. The van der Waals surface area contributed by atoms with Crippen molar-refractivity contribution in [2.24, 2.45) is 0 Å². The van der Waals surface area contributed by atoms with Gasteiger partial charge in [-0.3, -0.25) is 4.90 Å². The fourth-order valence-electron chi connectivity index (χ4n) is 5.85. The third kappa shape index (κ3) is 4.32. The first-order chi connectivity index (χ1) is 20.8. The third-order valence-electron chi connectivity index (χ3n) is 7.94. The second-order valence-electron chi connectivity index (χ2n) is 10.5. The highest BCUT2D eigenvalue weighted by Gasteiger charge is 2.17. The van der Waals surface area contributed by atoms with E-state index in [9.17, 15) is 0 Å². The van der Waals surface area contributed by atoms with Crippen molar-refractivity contribution in [3.05, 3.63) is 158 Å². The van der Waals surface area contributed by atoms with Crippen molar-refractivity contribution in [1.82, 2.24) is 4.98 Å². The van der Waals surface area contributed by atoms with Crippen molar-refractivity contribution in [2.75, 3.05) is 4.90 Å². The van der Waals surface area contributed by atoms with Crippen LogP contribution in [0.1, 0.15) is 0 Å². The molecule has 0 spiro atoms. The maximum Gasteiger partial charge on any atom is 0.138 e. The zero-order chi connectivity index (χ0) is 27.9. The molecule has 3 heteroatoms. The average Bonchev–Trinajstić information content (AvgIpc) is 3.44. The van der Waals surface area contributed by atoms with Crippen molar-refractivity contribution in [3.8, 4) is 22.3 Å². The van der Waals surface area contributed by atoms with Gasteiger partial charge in [0.1, 0.15) is 5.82 Å². The molecule has 0 atom stereocenters. The molecule has 6 aromatic carbocycles. The molecule has 0 bridgehead atoms. The first-order valence-corrected chi connectivity index (χ1v) is 14.9. The van der Waals surface area contributed by atoms with Crippen LogP contribution in [-0.4, -0.2) is 4.98 Å². The first kappa shape index (κ1) is 24.5. The number of fused-ring (bicyclic) bond motifs is 4. The van der Waals surface area contributed by atoms with Crippen molar-refractivity contribution in [3.63, 3.8) is 0 Å². The Balaban J connectivity index is 1.24. The monoisotopic (exact) mass is 554 g/mol. The van der Waals surface area contributed by atoms with Crippen molar-refractivity contribution < 1.29 is 0 Å². The molecule has 2 heterocycles. The van der Waals surface area contributed by atoms with Crippen LogP contribution in [0.15, 0.2) is 158 Å². The van der Waals surface area contributed by atoms with Gasteiger partial charge in [0, 0.05) is 37.7 Å². The van der Waals surface area contributed by atoms with E-state index >= 15 is 0 Å².